The number of nitrogens with zero attached hydrogens (tertiary/aromatic N) is 1. The predicted molar refractivity (Wildman–Crippen MR) is 69.7 cm³/mol. The molecule has 0 saturated heterocycles. The van der Waals surface area contributed by atoms with Gasteiger partial charge in [0.1, 0.15) is 11.5 Å². The second-order valence-electron chi connectivity index (χ2n) is 3.90. The van der Waals surface area contributed by atoms with Gasteiger partial charge >= 0.3 is 5.97 Å². The number of hydrogen-bond acceptors (Lipinski definition) is 4. The highest BCUT2D eigenvalue weighted by Gasteiger charge is 2.18. The van der Waals surface area contributed by atoms with Crippen LogP contribution in [-0.4, -0.2) is 16.0 Å². The number of rotatable bonds is 4. The minimum Gasteiger partial charge on any atom is -0.478 e. The topological polar surface area (TPSA) is 92.5 Å². The summed E-state index contributed by atoms with van der Waals surface area (Å²) in [5.74, 6) is -1.84. The van der Waals surface area contributed by atoms with Gasteiger partial charge in [-0.2, -0.15) is 0 Å². The minimum absolute atomic E-state index is 0.0186. The molecule has 0 unspecified atom stereocenters. The standard InChI is InChI=1S/C13H9FN2O4/c14-9-3-1-2-4-10(9)15-11-6-5-8(13(17)18)7-12(11)16(19)20/h1-7,15H,(H,17,18). The van der Waals surface area contributed by atoms with Crippen LogP contribution in [0.25, 0.3) is 0 Å². The second-order valence-corrected chi connectivity index (χ2v) is 3.90. The second kappa shape index (κ2) is 5.35. The molecule has 0 amide bonds. The molecule has 0 bridgehead atoms. The number of carboxylic acids is 1. The molecular weight excluding hydrogens is 267 g/mol. The number of halogens is 1. The smallest absolute Gasteiger partial charge is 0.335 e. The van der Waals surface area contributed by atoms with Gasteiger partial charge in [-0.25, -0.2) is 9.18 Å². The quantitative estimate of drug-likeness (QED) is 0.660. The van der Waals surface area contributed by atoms with E-state index in [2.05, 4.69) is 5.32 Å². The Labute approximate surface area is 112 Å². The van der Waals surface area contributed by atoms with E-state index in [0.29, 0.717) is 0 Å². The Morgan fingerprint density at radius 1 is 1.20 bits per heavy atom. The van der Waals surface area contributed by atoms with Crippen LogP contribution in [0.15, 0.2) is 42.5 Å². The minimum atomic E-state index is -1.27. The molecule has 2 rings (SSSR count). The number of nitro groups is 1. The average molecular weight is 276 g/mol. The highest BCUT2D eigenvalue weighted by Crippen LogP contribution is 2.29. The van der Waals surface area contributed by atoms with Gasteiger partial charge in [0.05, 0.1) is 16.2 Å². The first-order chi connectivity index (χ1) is 9.49. The van der Waals surface area contributed by atoms with Crippen LogP contribution in [0.1, 0.15) is 10.4 Å². The zero-order valence-corrected chi connectivity index (χ0v) is 10.0. The fourth-order valence-electron chi connectivity index (χ4n) is 1.63. The number of hydrogen-bond donors (Lipinski definition) is 2. The van der Waals surface area contributed by atoms with Gasteiger partial charge in [-0.3, -0.25) is 10.1 Å². The van der Waals surface area contributed by atoms with Crippen LogP contribution in [-0.2, 0) is 0 Å². The molecule has 2 aromatic rings. The maximum atomic E-state index is 13.5. The molecule has 0 aliphatic carbocycles. The van der Waals surface area contributed by atoms with Gasteiger partial charge in [-0.05, 0) is 24.3 Å². The van der Waals surface area contributed by atoms with Crippen molar-refractivity contribution in [2.45, 2.75) is 0 Å². The molecular formula is C13H9FN2O4. The van der Waals surface area contributed by atoms with E-state index >= 15 is 0 Å². The molecule has 2 N–H and O–H groups in total. The van der Waals surface area contributed by atoms with Gasteiger partial charge in [0.2, 0.25) is 0 Å². The molecule has 2 aromatic carbocycles. The monoisotopic (exact) mass is 276 g/mol. The highest BCUT2D eigenvalue weighted by molar-refractivity contribution is 5.90. The first-order valence-electron chi connectivity index (χ1n) is 5.52. The van der Waals surface area contributed by atoms with E-state index in [9.17, 15) is 19.3 Å². The SMILES string of the molecule is O=C(O)c1ccc(Nc2ccccc2F)c([N+](=O)[O-])c1. The number of anilines is 2. The van der Waals surface area contributed by atoms with Crippen molar-refractivity contribution in [1.29, 1.82) is 0 Å². The summed E-state index contributed by atoms with van der Waals surface area (Å²) >= 11 is 0. The van der Waals surface area contributed by atoms with Crippen molar-refractivity contribution in [3.8, 4) is 0 Å². The van der Waals surface area contributed by atoms with Gasteiger partial charge < -0.3 is 10.4 Å². The summed E-state index contributed by atoms with van der Waals surface area (Å²) in [4.78, 5) is 21.0. The average Bonchev–Trinajstić information content (AvgIpc) is 2.41. The number of aromatic carboxylic acids is 1. The van der Waals surface area contributed by atoms with Gasteiger partial charge in [-0.15, -0.1) is 0 Å². The first-order valence-corrected chi connectivity index (χ1v) is 5.52. The zero-order chi connectivity index (χ0) is 14.7. The summed E-state index contributed by atoms with van der Waals surface area (Å²) in [6.07, 6.45) is 0. The van der Waals surface area contributed by atoms with Crippen molar-refractivity contribution >= 4 is 23.0 Å². The van der Waals surface area contributed by atoms with Crippen LogP contribution >= 0.6 is 0 Å². The lowest BCUT2D eigenvalue weighted by Gasteiger charge is -2.08. The Bertz CT molecular complexity index is 688. The van der Waals surface area contributed by atoms with E-state index in [1.165, 1.54) is 30.3 Å². The van der Waals surface area contributed by atoms with E-state index in [4.69, 9.17) is 5.11 Å². The fourth-order valence-corrected chi connectivity index (χ4v) is 1.63. The Morgan fingerprint density at radius 3 is 2.50 bits per heavy atom. The first kappa shape index (κ1) is 13.5. The Balaban J connectivity index is 2.44. The van der Waals surface area contributed by atoms with Crippen molar-refractivity contribution < 1.29 is 19.2 Å². The molecule has 0 spiro atoms. The lowest BCUT2D eigenvalue weighted by Crippen LogP contribution is -2.02. The van der Waals surface area contributed by atoms with Crippen molar-refractivity contribution in [3.63, 3.8) is 0 Å². The van der Waals surface area contributed by atoms with Crippen molar-refractivity contribution in [3.05, 3.63) is 64.0 Å². The fraction of sp³-hybridized carbons (Fsp3) is 0. The molecule has 0 radical (unpaired) electrons. The summed E-state index contributed by atoms with van der Waals surface area (Å²) in [6, 6.07) is 9.05. The molecule has 0 aromatic heterocycles. The molecule has 6 nitrogen and oxygen atoms in total. The van der Waals surface area contributed by atoms with Crippen molar-refractivity contribution in [2.75, 3.05) is 5.32 Å². The van der Waals surface area contributed by atoms with Crippen LogP contribution in [0.2, 0.25) is 0 Å². The molecule has 0 atom stereocenters. The molecule has 20 heavy (non-hydrogen) atoms. The van der Waals surface area contributed by atoms with E-state index in [1.807, 2.05) is 0 Å². The van der Waals surface area contributed by atoms with Crippen molar-refractivity contribution in [1.82, 2.24) is 0 Å². The Hall–Kier alpha value is -2.96. The largest absolute Gasteiger partial charge is 0.478 e. The molecule has 0 aliphatic heterocycles. The summed E-state index contributed by atoms with van der Waals surface area (Å²) in [5.41, 5.74) is -0.562. The Morgan fingerprint density at radius 2 is 1.90 bits per heavy atom. The van der Waals surface area contributed by atoms with E-state index < -0.39 is 22.4 Å². The van der Waals surface area contributed by atoms with Crippen molar-refractivity contribution in [2.24, 2.45) is 0 Å². The number of benzene rings is 2. The van der Waals surface area contributed by atoms with Gasteiger partial charge in [0.25, 0.3) is 5.69 Å². The third-order valence-electron chi connectivity index (χ3n) is 2.58. The molecule has 0 saturated carbocycles. The molecule has 102 valence electrons. The number of para-hydroxylation sites is 1. The maximum Gasteiger partial charge on any atom is 0.335 e. The molecule has 0 aliphatic rings. The highest BCUT2D eigenvalue weighted by atomic mass is 19.1. The molecule has 7 heteroatoms. The van der Waals surface area contributed by atoms with E-state index in [1.54, 1.807) is 6.07 Å². The summed E-state index contributed by atoms with van der Waals surface area (Å²) in [7, 11) is 0. The van der Waals surface area contributed by atoms with E-state index in [0.717, 1.165) is 6.07 Å². The number of nitrogens with one attached hydrogen (secondary N) is 1. The van der Waals surface area contributed by atoms with Crippen LogP contribution in [0.3, 0.4) is 0 Å². The Kier molecular flexibility index (Phi) is 3.60. The zero-order valence-electron chi connectivity index (χ0n) is 10.0. The summed E-state index contributed by atoms with van der Waals surface area (Å²) < 4.78 is 13.5. The normalized spacial score (nSPS) is 10.1. The van der Waals surface area contributed by atoms with Crippen LogP contribution < -0.4 is 5.32 Å². The van der Waals surface area contributed by atoms with Crippen LogP contribution in [0.5, 0.6) is 0 Å². The lowest BCUT2D eigenvalue weighted by molar-refractivity contribution is -0.383. The third-order valence-corrected chi connectivity index (χ3v) is 2.58. The number of carboxylic acid groups (broad SMARTS) is 1. The third kappa shape index (κ3) is 2.72. The predicted octanol–water partition coefficient (Wildman–Crippen LogP) is 3.18. The van der Waals surface area contributed by atoms with E-state index in [-0.39, 0.29) is 16.9 Å². The van der Waals surface area contributed by atoms with Gasteiger partial charge in [-0.1, -0.05) is 12.1 Å². The summed E-state index contributed by atoms with van der Waals surface area (Å²) in [5, 5.41) is 22.3. The number of nitro benzene ring substituents is 1. The van der Waals surface area contributed by atoms with Gasteiger partial charge in [0.15, 0.2) is 0 Å². The van der Waals surface area contributed by atoms with Crippen LogP contribution in [0.4, 0.5) is 21.5 Å². The molecule has 0 heterocycles. The lowest BCUT2D eigenvalue weighted by atomic mass is 10.1. The number of carbonyl (C=O) groups is 1. The molecule has 0 fully saturated rings. The summed E-state index contributed by atoms with van der Waals surface area (Å²) in [6.45, 7) is 0. The maximum absolute atomic E-state index is 13.5. The van der Waals surface area contributed by atoms with Crippen LogP contribution in [0, 0.1) is 15.9 Å². The van der Waals surface area contributed by atoms with Gasteiger partial charge in [0, 0.05) is 6.07 Å².